The number of hydrogen-bond acceptors (Lipinski definition) is 2. The molecule has 0 amide bonds. The van der Waals surface area contributed by atoms with Crippen LogP contribution in [-0.4, -0.2) is 12.1 Å². The number of ether oxygens (including phenoxy) is 1. The van der Waals surface area contributed by atoms with E-state index in [1.807, 2.05) is 13.8 Å². The lowest BCUT2D eigenvalue weighted by molar-refractivity contribution is 0.109. The van der Waals surface area contributed by atoms with Gasteiger partial charge in [0.2, 0.25) is 0 Å². The number of rotatable bonds is 0. The zero-order valence-corrected chi connectivity index (χ0v) is 11.3. The minimum atomic E-state index is -0.265. The number of fused-ring (bicyclic) bond motifs is 1. The summed E-state index contributed by atoms with van der Waals surface area (Å²) < 4.78 is 5.87. The van der Waals surface area contributed by atoms with Gasteiger partial charge in [-0.3, -0.25) is 0 Å². The molecule has 2 rings (SSSR count). The number of hydrogen-bond donors (Lipinski definition) is 1. The number of anilines is 1. The third-order valence-corrected chi connectivity index (χ3v) is 3.60. The first-order valence-corrected chi connectivity index (χ1v) is 6.14. The SMILES string of the molecule is CC1(C)CCNc2c(Cl)c(Cl)cc(Cl)c2O1. The van der Waals surface area contributed by atoms with Crippen LogP contribution in [-0.2, 0) is 0 Å². The summed E-state index contributed by atoms with van der Waals surface area (Å²) in [6.45, 7) is 4.81. The standard InChI is InChI=1S/C11H12Cl3NO/c1-11(2)3-4-15-9-8(14)6(12)5-7(13)10(9)16-11/h5,15H,3-4H2,1-2H3. The molecule has 0 saturated carbocycles. The van der Waals surface area contributed by atoms with E-state index in [-0.39, 0.29) is 5.60 Å². The molecule has 0 spiro atoms. The molecule has 0 radical (unpaired) electrons. The van der Waals surface area contributed by atoms with Gasteiger partial charge in [0.1, 0.15) is 5.60 Å². The van der Waals surface area contributed by atoms with Crippen molar-refractivity contribution in [1.82, 2.24) is 0 Å². The topological polar surface area (TPSA) is 21.3 Å². The molecule has 0 bridgehead atoms. The van der Waals surface area contributed by atoms with Crippen molar-refractivity contribution in [2.75, 3.05) is 11.9 Å². The summed E-state index contributed by atoms with van der Waals surface area (Å²) in [7, 11) is 0. The average molecular weight is 281 g/mol. The monoisotopic (exact) mass is 279 g/mol. The Morgan fingerprint density at radius 3 is 2.62 bits per heavy atom. The summed E-state index contributed by atoms with van der Waals surface area (Å²) in [6.07, 6.45) is 0.867. The van der Waals surface area contributed by atoms with Crippen LogP contribution in [0.15, 0.2) is 6.07 Å². The number of halogens is 3. The lowest BCUT2D eigenvalue weighted by Gasteiger charge is -2.24. The predicted molar refractivity (Wildman–Crippen MR) is 69.3 cm³/mol. The molecule has 0 saturated heterocycles. The van der Waals surface area contributed by atoms with Gasteiger partial charge in [-0.1, -0.05) is 34.8 Å². The molecule has 1 aliphatic rings. The van der Waals surface area contributed by atoms with Crippen LogP contribution in [0, 0.1) is 0 Å². The van der Waals surface area contributed by atoms with Crippen LogP contribution in [0.3, 0.4) is 0 Å². The first-order chi connectivity index (χ1) is 7.41. The molecule has 0 atom stereocenters. The van der Waals surface area contributed by atoms with Crippen molar-refractivity contribution in [3.63, 3.8) is 0 Å². The highest BCUT2D eigenvalue weighted by Crippen LogP contribution is 2.46. The Hall–Kier alpha value is -0.310. The minimum Gasteiger partial charge on any atom is -0.484 e. The van der Waals surface area contributed by atoms with Crippen LogP contribution in [0.1, 0.15) is 20.3 Å². The highest BCUT2D eigenvalue weighted by molar-refractivity contribution is 6.45. The van der Waals surface area contributed by atoms with Gasteiger partial charge < -0.3 is 10.1 Å². The van der Waals surface area contributed by atoms with Crippen molar-refractivity contribution < 1.29 is 4.74 Å². The van der Waals surface area contributed by atoms with E-state index in [9.17, 15) is 0 Å². The van der Waals surface area contributed by atoms with Crippen molar-refractivity contribution in [1.29, 1.82) is 0 Å². The molecule has 1 aromatic rings. The third-order valence-electron chi connectivity index (χ3n) is 2.53. The van der Waals surface area contributed by atoms with Crippen LogP contribution in [0.2, 0.25) is 15.1 Å². The zero-order chi connectivity index (χ0) is 11.9. The van der Waals surface area contributed by atoms with Gasteiger partial charge in [0, 0.05) is 13.0 Å². The van der Waals surface area contributed by atoms with Crippen LogP contribution in [0.25, 0.3) is 0 Å². The molecule has 0 aliphatic carbocycles. The smallest absolute Gasteiger partial charge is 0.163 e. The maximum Gasteiger partial charge on any atom is 0.163 e. The average Bonchev–Trinajstić information content (AvgIpc) is 2.33. The largest absolute Gasteiger partial charge is 0.484 e. The molecule has 0 unspecified atom stereocenters. The van der Waals surface area contributed by atoms with E-state index in [0.29, 0.717) is 26.5 Å². The van der Waals surface area contributed by atoms with Crippen LogP contribution >= 0.6 is 34.8 Å². The molecule has 1 N–H and O–H groups in total. The summed E-state index contributed by atoms with van der Waals surface area (Å²) in [5.74, 6) is 0.582. The summed E-state index contributed by atoms with van der Waals surface area (Å²) >= 11 is 18.2. The second-order valence-corrected chi connectivity index (χ2v) is 5.59. The van der Waals surface area contributed by atoms with Crippen LogP contribution < -0.4 is 10.1 Å². The Labute approximate surface area is 110 Å². The molecular formula is C11H12Cl3NO. The van der Waals surface area contributed by atoms with Gasteiger partial charge in [-0.25, -0.2) is 0 Å². The molecule has 0 aromatic heterocycles. The maximum absolute atomic E-state index is 6.12. The fraction of sp³-hybridized carbons (Fsp3) is 0.455. The first kappa shape index (κ1) is 12.2. The summed E-state index contributed by atoms with van der Waals surface area (Å²) in [4.78, 5) is 0. The molecule has 1 aliphatic heterocycles. The van der Waals surface area contributed by atoms with Gasteiger partial charge >= 0.3 is 0 Å². The van der Waals surface area contributed by atoms with Gasteiger partial charge in [-0.15, -0.1) is 0 Å². The van der Waals surface area contributed by atoms with E-state index in [1.165, 1.54) is 0 Å². The fourth-order valence-electron chi connectivity index (χ4n) is 1.65. The van der Waals surface area contributed by atoms with Gasteiger partial charge in [0.15, 0.2) is 5.75 Å². The third kappa shape index (κ3) is 2.20. The van der Waals surface area contributed by atoms with Crippen LogP contribution in [0.5, 0.6) is 5.75 Å². The highest BCUT2D eigenvalue weighted by atomic mass is 35.5. The Morgan fingerprint density at radius 2 is 1.94 bits per heavy atom. The normalized spacial score (nSPS) is 18.1. The number of benzene rings is 1. The molecule has 0 fully saturated rings. The van der Waals surface area contributed by atoms with E-state index < -0.39 is 0 Å². The van der Waals surface area contributed by atoms with Gasteiger partial charge in [0.05, 0.1) is 20.8 Å². The minimum absolute atomic E-state index is 0.265. The molecule has 16 heavy (non-hydrogen) atoms. The van der Waals surface area contributed by atoms with E-state index in [1.54, 1.807) is 6.07 Å². The Kier molecular flexibility index (Phi) is 3.17. The second kappa shape index (κ2) is 4.17. The quantitative estimate of drug-likeness (QED) is 0.700. The lowest BCUT2D eigenvalue weighted by Crippen LogP contribution is -2.28. The van der Waals surface area contributed by atoms with Gasteiger partial charge in [-0.2, -0.15) is 0 Å². The second-order valence-electron chi connectivity index (χ2n) is 4.40. The van der Waals surface area contributed by atoms with E-state index in [0.717, 1.165) is 13.0 Å². The highest BCUT2D eigenvalue weighted by Gasteiger charge is 2.28. The Bertz CT molecular complexity index is 432. The maximum atomic E-state index is 6.12. The van der Waals surface area contributed by atoms with Gasteiger partial charge in [0.25, 0.3) is 0 Å². The predicted octanol–water partition coefficient (Wildman–Crippen LogP) is 4.62. The van der Waals surface area contributed by atoms with Crippen molar-refractivity contribution >= 4 is 40.5 Å². The van der Waals surface area contributed by atoms with Gasteiger partial charge in [-0.05, 0) is 19.9 Å². The molecule has 1 heterocycles. The van der Waals surface area contributed by atoms with Crippen molar-refractivity contribution in [3.05, 3.63) is 21.1 Å². The lowest BCUT2D eigenvalue weighted by atomic mass is 10.1. The fourth-order valence-corrected chi connectivity index (χ4v) is 2.36. The van der Waals surface area contributed by atoms with E-state index in [2.05, 4.69) is 5.32 Å². The van der Waals surface area contributed by atoms with Crippen molar-refractivity contribution in [2.24, 2.45) is 0 Å². The van der Waals surface area contributed by atoms with E-state index in [4.69, 9.17) is 39.5 Å². The molecule has 88 valence electrons. The zero-order valence-electron chi connectivity index (χ0n) is 9.03. The first-order valence-electron chi connectivity index (χ1n) is 5.01. The summed E-state index contributed by atoms with van der Waals surface area (Å²) in [5.41, 5.74) is 0.420. The number of nitrogens with one attached hydrogen (secondary N) is 1. The summed E-state index contributed by atoms with van der Waals surface area (Å²) in [6, 6.07) is 1.60. The van der Waals surface area contributed by atoms with Crippen molar-refractivity contribution in [2.45, 2.75) is 25.9 Å². The van der Waals surface area contributed by atoms with Crippen molar-refractivity contribution in [3.8, 4) is 5.75 Å². The Balaban J connectivity index is 2.57. The molecule has 5 heteroatoms. The van der Waals surface area contributed by atoms with Crippen LogP contribution in [0.4, 0.5) is 5.69 Å². The van der Waals surface area contributed by atoms with E-state index >= 15 is 0 Å². The Morgan fingerprint density at radius 1 is 1.25 bits per heavy atom. The molecule has 1 aromatic carbocycles. The molecule has 2 nitrogen and oxygen atoms in total. The molecular weight excluding hydrogens is 268 g/mol. The summed E-state index contributed by atoms with van der Waals surface area (Å²) in [5, 5.41) is 4.57.